The first-order valence-corrected chi connectivity index (χ1v) is 7.18. The second-order valence-electron chi connectivity index (χ2n) is 4.78. The summed E-state index contributed by atoms with van der Waals surface area (Å²) >= 11 is 6.03. The molecule has 1 unspecified atom stereocenters. The molecule has 19 heavy (non-hydrogen) atoms. The van der Waals surface area contributed by atoms with E-state index in [-0.39, 0.29) is 5.82 Å². The highest BCUT2D eigenvalue weighted by Crippen LogP contribution is 2.24. The van der Waals surface area contributed by atoms with E-state index < -0.39 is 0 Å². The molecule has 2 aromatic carbocycles. The van der Waals surface area contributed by atoms with E-state index in [1.807, 2.05) is 18.2 Å². The summed E-state index contributed by atoms with van der Waals surface area (Å²) in [4.78, 5) is 0. The number of rotatable bonds is 6. The lowest BCUT2D eigenvalue weighted by molar-refractivity contribution is 0.617. The van der Waals surface area contributed by atoms with Gasteiger partial charge >= 0.3 is 0 Å². The summed E-state index contributed by atoms with van der Waals surface area (Å²) in [6, 6.07) is 17.1. The zero-order valence-corrected chi connectivity index (χ0v) is 11.6. The Balaban J connectivity index is 1.87. The van der Waals surface area contributed by atoms with Crippen LogP contribution in [-0.4, -0.2) is 5.88 Å². The normalized spacial score (nSPS) is 12.3. The first-order chi connectivity index (χ1) is 9.29. The molecule has 0 saturated heterocycles. The molecule has 1 atom stereocenters. The number of hydrogen-bond donors (Lipinski definition) is 0. The molecule has 0 spiro atoms. The van der Waals surface area contributed by atoms with Crippen molar-refractivity contribution in [2.75, 3.05) is 5.88 Å². The molecule has 0 aliphatic carbocycles. The maximum Gasteiger partial charge on any atom is 0.123 e. The Labute approximate surface area is 119 Å². The van der Waals surface area contributed by atoms with Crippen molar-refractivity contribution in [1.29, 1.82) is 0 Å². The van der Waals surface area contributed by atoms with E-state index >= 15 is 0 Å². The van der Waals surface area contributed by atoms with Crippen LogP contribution in [0, 0.1) is 5.82 Å². The molecular weight excluding hydrogens is 259 g/mol. The van der Waals surface area contributed by atoms with Crippen molar-refractivity contribution in [2.24, 2.45) is 0 Å². The van der Waals surface area contributed by atoms with Gasteiger partial charge in [-0.2, -0.15) is 0 Å². The highest BCUT2D eigenvalue weighted by atomic mass is 35.5. The van der Waals surface area contributed by atoms with Crippen LogP contribution < -0.4 is 0 Å². The monoisotopic (exact) mass is 276 g/mol. The zero-order chi connectivity index (χ0) is 13.5. The minimum absolute atomic E-state index is 0.193. The van der Waals surface area contributed by atoms with Gasteiger partial charge in [0.15, 0.2) is 0 Å². The van der Waals surface area contributed by atoms with E-state index in [1.54, 1.807) is 0 Å². The lowest BCUT2D eigenvalue weighted by Crippen LogP contribution is -2.01. The summed E-state index contributed by atoms with van der Waals surface area (Å²) < 4.78 is 12.9. The lowest BCUT2D eigenvalue weighted by atomic mass is 9.94. The van der Waals surface area contributed by atoms with Crippen LogP contribution in [0.25, 0.3) is 0 Å². The molecule has 0 bridgehead atoms. The minimum Gasteiger partial charge on any atom is -0.207 e. The third-order valence-electron chi connectivity index (χ3n) is 3.39. The van der Waals surface area contributed by atoms with Gasteiger partial charge in [-0.05, 0) is 48.4 Å². The molecular formula is C17H18ClF. The molecule has 0 amide bonds. The van der Waals surface area contributed by atoms with E-state index in [0.29, 0.717) is 11.8 Å². The Bertz CT molecular complexity index is 478. The van der Waals surface area contributed by atoms with Gasteiger partial charge in [-0.1, -0.05) is 42.5 Å². The van der Waals surface area contributed by atoms with Crippen molar-refractivity contribution in [1.82, 2.24) is 0 Å². The predicted molar refractivity (Wildman–Crippen MR) is 79.2 cm³/mol. The van der Waals surface area contributed by atoms with Crippen molar-refractivity contribution in [3.05, 3.63) is 71.5 Å². The first kappa shape index (κ1) is 14.1. The molecule has 0 nitrogen and oxygen atoms in total. The fraction of sp³-hybridized carbons (Fsp3) is 0.294. The molecule has 0 aliphatic rings. The number of hydrogen-bond acceptors (Lipinski definition) is 0. The lowest BCUT2D eigenvalue weighted by Gasteiger charge is -2.14. The molecule has 0 aromatic heterocycles. The van der Waals surface area contributed by atoms with Crippen molar-refractivity contribution < 1.29 is 4.39 Å². The fourth-order valence-corrected chi connectivity index (χ4v) is 2.60. The van der Waals surface area contributed by atoms with Gasteiger partial charge < -0.3 is 0 Å². The summed E-state index contributed by atoms with van der Waals surface area (Å²) in [5, 5.41) is 0. The van der Waals surface area contributed by atoms with Gasteiger partial charge in [0.1, 0.15) is 5.82 Å². The van der Waals surface area contributed by atoms with E-state index in [2.05, 4.69) is 24.3 Å². The summed E-state index contributed by atoms with van der Waals surface area (Å²) in [7, 11) is 0. The number of aryl methyl sites for hydroxylation is 1. The molecule has 2 aromatic rings. The van der Waals surface area contributed by atoms with Gasteiger partial charge in [-0.15, -0.1) is 11.6 Å². The topological polar surface area (TPSA) is 0 Å². The number of alkyl halides is 1. The average Bonchev–Trinajstić information content (AvgIpc) is 2.46. The van der Waals surface area contributed by atoms with Crippen molar-refractivity contribution in [3.8, 4) is 0 Å². The Kier molecular flexibility index (Phi) is 5.41. The van der Waals surface area contributed by atoms with Crippen molar-refractivity contribution >= 4 is 11.6 Å². The average molecular weight is 277 g/mol. The van der Waals surface area contributed by atoms with Crippen molar-refractivity contribution in [2.45, 2.75) is 25.2 Å². The molecule has 0 fully saturated rings. The fourth-order valence-electron chi connectivity index (χ4n) is 2.27. The van der Waals surface area contributed by atoms with Gasteiger partial charge in [0.05, 0.1) is 0 Å². The second-order valence-corrected chi connectivity index (χ2v) is 5.09. The second kappa shape index (κ2) is 7.30. The Morgan fingerprint density at radius 1 is 0.947 bits per heavy atom. The molecule has 0 heterocycles. The molecule has 100 valence electrons. The maximum atomic E-state index is 12.9. The zero-order valence-electron chi connectivity index (χ0n) is 10.9. The molecule has 0 saturated carbocycles. The minimum atomic E-state index is -0.193. The van der Waals surface area contributed by atoms with E-state index in [4.69, 9.17) is 11.6 Å². The SMILES string of the molecule is Fc1ccc(C(CCl)CCCc2ccccc2)cc1. The molecule has 2 rings (SSSR count). The van der Waals surface area contributed by atoms with Crippen LogP contribution in [0.5, 0.6) is 0 Å². The van der Waals surface area contributed by atoms with Gasteiger partial charge in [-0.25, -0.2) is 4.39 Å². The van der Waals surface area contributed by atoms with Gasteiger partial charge in [0.25, 0.3) is 0 Å². The van der Waals surface area contributed by atoms with Crippen LogP contribution in [0.2, 0.25) is 0 Å². The van der Waals surface area contributed by atoms with Crippen LogP contribution in [-0.2, 0) is 6.42 Å². The number of benzene rings is 2. The summed E-state index contributed by atoms with van der Waals surface area (Å²) in [6.45, 7) is 0. The van der Waals surface area contributed by atoms with Crippen LogP contribution in [0.4, 0.5) is 4.39 Å². The van der Waals surface area contributed by atoms with Crippen molar-refractivity contribution in [3.63, 3.8) is 0 Å². The van der Waals surface area contributed by atoms with E-state index in [9.17, 15) is 4.39 Å². The third-order valence-corrected chi connectivity index (χ3v) is 3.76. The molecule has 0 radical (unpaired) electrons. The highest BCUT2D eigenvalue weighted by molar-refractivity contribution is 6.18. The Morgan fingerprint density at radius 2 is 1.63 bits per heavy atom. The van der Waals surface area contributed by atoms with Gasteiger partial charge in [0, 0.05) is 5.88 Å². The predicted octanol–water partition coefficient (Wildman–Crippen LogP) is 5.17. The van der Waals surface area contributed by atoms with Crippen LogP contribution in [0.1, 0.15) is 29.9 Å². The van der Waals surface area contributed by atoms with E-state index in [1.165, 1.54) is 17.7 Å². The standard InChI is InChI=1S/C17H18ClF/c18-13-16(15-9-11-17(19)12-10-15)8-4-7-14-5-2-1-3-6-14/h1-3,5-6,9-12,16H,4,7-8,13H2. The smallest absolute Gasteiger partial charge is 0.123 e. The van der Waals surface area contributed by atoms with Crippen LogP contribution >= 0.6 is 11.6 Å². The summed E-state index contributed by atoms with van der Waals surface area (Å²) in [6.07, 6.45) is 3.19. The molecule has 2 heteroatoms. The Morgan fingerprint density at radius 3 is 2.26 bits per heavy atom. The van der Waals surface area contributed by atoms with Crippen LogP contribution in [0.15, 0.2) is 54.6 Å². The van der Waals surface area contributed by atoms with Crippen LogP contribution in [0.3, 0.4) is 0 Å². The third kappa shape index (κ3) is 4.36. The largest absolute Gasteiger partial charge is 0.207 e. The van der Waals surface area contributed by atoms with Gasteiger partial charge in [0.2, 0.25) is 0 Å². The summed E-state index contributed by atoms with van der Waals surface area (Å²) in [5.74, 6) is 0.702. The quantitative estimate of drug-likeness (QED) is 0.639. The molecule has 0 aliphatic heterocycles. The maximum absolute atomic E-state index is 12.9. The number of halogens is 2. The highest BCUT2D eigenvalue weighted by Gasteiger charge is 2.10. The summed E-state index contributed by atoms with van der Waals surface area (Å²) in [5.41, 5.74) is 2.49. The first-order valence-electron chi connectivity index (χ1n) is 6.65. The van der Waals surface area contributed by atoms with E-state index in [0.717, 1.165) is 24.8 Å². The molecule has 0 N–H and O–H groups in total. The van der Waals surface area contributed by atoms with Gasteiger partial charge in [-0.3, -0.25) is 0 Å². The Hall–Kier alpha value is -1.34.